The largest absolute Gasteiger partial charge is 0.493 e. The van der Waals surface area contributed by atoms with E-state index in [0.717, 1.165) is 11.3 Å². The van der Waals surface area contributed by atoms with Gasteiger partial charge in [-0.2, -0.15) is 4.31 Å². The number of aryl methyl sites for hydroxylation is 1. The van der Waals surface area contributed by atoms with Gasteiger partial charge in [0.2, 0.25) is 15.9 Å². The zero-order valence-corrected chi connectivity index (χ0v) is 18.3. The number of ether oxygens (including phenoxy) is 1. The van der Waals surface area contributed by atoms with Gasteiger partial charge in [-0.15, -0.1) is 0 Å². The van der Waals surface area contributed by atoms with Crippen molar-refractivity contribution in [1.82, 2.24) is 9.21 Å². The molecule has 0 aliphatic carbocycles. The molecule has 29 heavy (non-hydrogen) atoms. The van der Waals surface area contributed by atoms with E-state index in [9.17, 15) is 13.2 Å². The van der Waals surface area contributed by atoms with E-state index in [2.05, 4.69) is 0 Å². The SMILES string of the molecule is Cc1ccc(OCCC(=O)N2CCN(S(=O)(=O)c3c(Cl)cccc3Cl)CC2)cc1. The van der Waals surface area contributed by atoms with Crippen LogP contribution in [0.4, 0.5) is 0 Å². The number of rotatable bonds is 6. The minimum atomic E-state index is -3.82. The summed E-state index contributed by atoms with van der Waals surface area (Å²) >= 11 is 12.1. The first kappa shape index (κ1) is 21.9. The van der Waals surface area contributed by atoms with Gasteiger partial charge in [-0.3, -0.25) is 4.79 Å². The first-order valence-electron chi connectivity index (χ1n) is 9.20. The molecule has 6 nitrogen and oxygen atoms in total. The fraction of sp³-hybridized carbons (Fsp3) is 0.350. The molecule has 156 valence electrons. The van der Waals surface area contributed by atoms with Crippen LogP contribution in [0.1, 0.15) is 12.0 Å². The molecule has 1 heterocycles. The van der Waals surface area contributed by atoms with Crippen molar-refractivity contribution < 1.29 is 17.9 Å². The number of benzene rings is 2. The van der Waals surface area contributed by atoms with Crippen LogP contribution in [0.15, 0.2) is 47.4 Å². The lowest BCUT2D eigenvalue weighted by Crippen LogP contribution is -2.50. The van der Waals surface area contributed by atoms with Crippen LogP contribution in [0.3, 0.4) is 0 Å². The Kier molecular flexibility index (Phi) is 7.05. The molecule has 1 aliphatic rings. The number of piperazine rings is 1. The lowest BCUT2D eigenvalue weighted by molar-refractivity contribution is -0.132. The van der Waals surface area contributed by atoms with Gasteiger partial charge in [0.25, 0.3) is 0 Å². The lowest BCUT2D eigenvalue weighted by atomic mass is 10.2. The molecule has 1 fully saturated rings. The van der Waals surface area contributed by atoms with E-state index in [0.29, 0.717) is 13.1 Å². The molecule has 0 bridgehead atoms. The molecule has 2 aromatic carbocycles. The van der Waals surface area contributed by atoms with E-state index in [1.165, 1.54) is 16.4 Å². The maximum Gasteiger partial charge on any atom is 0.246 e. The van der Waals surface area contributed by atoms with Crippen LogP contribution >= 0.6 is 23.2 Å². The normalized spacial score (nSPS) is 15.3. The van der Waals surface area contributed by atoms with Gasteiger partial charge in [-0.25, -0.2) is 8.42 Å². The number of amides is 1. The lowest BCUT2D eigenvalue weighted by Gasteiger charge is -2.34. The van der Waals surface area contributed by atoms with Gasteiger partial charge in [0.1, 0.15) is 10.6 Å². The molecular weight excluding hydrogens is 435 g/mol. The van der Waals surface area contributed by atoms with Gasteiger partial charge in [-0.1, -0.05) is 47.0 Å². The molecule has 1 amide bonds. The van der Waals surface area contributed by atoms with Crippen molar-refractivity contribution in [2.45, 2.75) is 18.2 Å². The first-order valence-corrected chi connectivity index (χ1v) is 11.4. The zero-order chi connectivity index (χ0) is 21.0. The Morgan fingerprint density at radius 2 is 1.59 bits per heavy atom. The van der Waals surface area contributed by atoms with Crippen molar-refractivity contribution in [3.8, 4) is 5.75 Å². The monoisotopic (exact) mass is 456 g/mol. The van der Waals surface area contributed by atoms with Crippen LogP contribution in [-0.2, 0) is 14.8 Å². The third-order valence-electron chi connectivity index (χ3n) is 4.71. The van der Waals surface area contributed by atoms with Gasteiger partial charge in [0, 0.05) is 26.2 Å². The number of carbonyl (C=O) groups is 1. The number of hydrogen-bond donors (Lipinski definition) is 0. The van der Waals surface area contributed by atoms with Crippen LogP contribution in [0.5, 0.6) is 5.75 Å². The number of halogens is 2. The molecule has 1 saturated heterocycles. The zero-order valence-electron chi connectivity index (χ0n) is 16.0. The average molecular weight is 457 g/mol. The Labute approximate surface area is 181 Å². The Morgan fingerprint density at radius 1 is 1.00 bits per heavy atom. The summed E-state index contributed by atoms with van der Waals surface area (Å²) in [6.45, 7) is 3.26. The topological polar surface area (TPSA) is 66.9 Å². The maximum atomic E-state index is 12.9. The van der Waals surface area contributed by atoms with Crippen LogP contribution < -0.4 is 4.74 Å². The molecule has 0 atom stereocenters. The minimum Gasteiger partial charge on any atom is -0.493 e. The highest BCUT2D eigenvalue weighted by molar-refractivity contribution is 7.89. The smallest absolute Gasteiger partial charge is 0.246 e. The van der Waals surface area contributed by atoms with E-state index in [1.807, 2.05) is 31.2 Å². The van der Waals surface area contributed by atoms with E-state index in [-0.39, 0.29) is 47.0 Å². The van der Waals surface area contributed by atoms with E-state index < -0.39 is 10.0 Å². The fourth-order valence-corrected chi connectivity index (χ4v) is 5.60. The molecule has 0 aromatic heterocycles. The second-order valence-corrected chi connectivity index (χ2v) is 9.44. The Hall–Kier alpha value is -1.80. The first-order chi connectivity index (χ1) is 13.8. The van der Waals surface area contributed by atoms with Crippen LogP contribution in [-0.4, -0.2) is 56.3 Å². The van der Waals surface area contributed by atoms with Crippen LogP contribution in [0.25, 0.3) is 0 Å². The minimum absolute atomic E-state index is 0.0649. The fourth-order valence-electron chi connectivity index (χ4n) is 3.08. The van der Waals surface area contributed by atoms with Crippen LogP contribution in [0, 0.1) is 6.92 Å². The third-order valence-corrected chi connectivity index (χ3v) is 7.57. The molecule has 2 aromatic rings. The number of sulfonamides is 1. The van der Waals surface area contributed by atoms with Gasteiger partial charge in [0.05, 0.1) is 23.1 Å². The van der Waals surface area contributed by atoms with Crippen molar-refractivity contribution in [2.24, 2.45) is 0 Å². The highest BCUT2D eigenvalue weighted by Crippen LogP contribution is 2.31. The standard InChI is InChI=1S/C20H22Cl2N2O4S/c1-15-5-7-16(8-6-15)28-14-9-19(25)23-10-12-24(13-11-23)29(26,27)20-17(21)3-2-4-18(20)22/h2-8H,9-14H2,1H3. The Balaban J connectivity index is 1.53. The summed E-state index contributed by atoms with van der Waals surface area (Å²) in [7, 11) is -3.82. The van der Waals surface area contributed by atoms with Gasteiger partial charge in [0.15, 0.2) is 0 Å². The summed E-state index contributed by atoms with van der Waals surface area (Å²) in [5.74, 6) is 0.654. The summed E-state index contributed by atoms with van der Waals surface area (Å²) in [6, 6.07) is 12.2. The summed E-state index contributed by atoms with van der Waals surface area (Å²) in [4.78, 5) is 14.0. The molecule has 0 spiro atoms. The average Bonchev–Trinajstić information content (AvgIpc) is 2.69. The number of hydrogen-bond acceptors (Lipinski definition) is 4. The van der Waals surface area contributed by atoms with E-state index >= 15 is 0 Å². The predicted molar refractivity (Wildman–Crippen MR) is 113 cm³/mol. The molecule has 1 aliphatic heterocycles. The van der Waals surface area contributed by atoms with E-state index in [4.69, 9.17) is 27.9 Å². The highest BCUT2D eigenvalue weighted by Gasteiger charge is 2.32. The molecular formula is C20H22Cl2N2O4S. The van der Waals surface area contributed by atoms with Crippen molar-refractivity contribution in [3.63, 3.8) is 0 Å². The van der Waals surface area contributed by atoms with Crippen LogP contribution in [0.2, 0.25) is 10.0 Å². The van der Waals surface area contributed by atoms with Crippen molar-refractivity contribution >= 4 is 39.1 Å². The van der Waals surface area contributed by atoms with Gasteiger partial charge >= 0.3 is 0 Å². The quantitative estimate of drug-likeness (QED) is 0.665. The number of nitrogens with zero attached hydrogens (tertiary/aromatic N) is 2. The predicted octanol–water partition coefficient (Wildman–Crippen LogP) is 3.60. The number of carbonyl (C=O) groups excluding carboxylic acids is 1. The Bertz CT molecular complexity index is 952. The molecule has 0 N–H and O–H groups in total. The second-order valence-electron chi connectivity index (χ2n) is 6.75. The molecule has 0 unspecified atom stereocenters. The van der Waals surface area contributed by atoms with Crippen molar-refractivity contribution in [1.29, 1.82) is 0 Å². The molecule has 0 radical (unpaired) electrons. The maximum absolute atomic E-state index is 12.9. The molecule has 0 saturated carbocycles. The summed E-state index contributed by atoms with van der Waals surface area (Å²) in [5.41, 5.74) is 1.14. The Morgan fingerprint density at radius 3 is 2.17 bits per heavy atom. The summed E-state index contributed by atoms with van der Waals surface area (Å²) < 4.78 is 32.7. The van der Waals surface area contributed by atoms with Crippen molar-refractivity contribution in [2.75, 3.05) is 32.8 Å². The van der Waals surface area contributed by atoms with Gasteiger partial charge in [-0.05, 0) is 31.2 Å². The molecule has 9 heteroatoms. The summed E-state index contributed by atoms with van der Waals surface area (Å²) in [6.07, 6.45) is 0.233. The molecule has 3 rings (SSSR count). The second kappa shape index (κ2) is 9.34. The third kappa shape index (κ3) is 5.22. The summed E-state index contributed by atoms with van der Waals surface area (Å²) in [5, 5.41) is 0.175. The van der Waals surface area contributed by atoms with Gasteiger partial charge < -0.3 is 9.64 Å². The van der Waals surface area contributed by atoms with Crippen molar-refractivity contribution in [3.05, 3.63) is 58.1 Å². The highest BCUT2D eigenvalue weighted by atomic mass is 35.5. The van der Waals surface area contributed by atoms with E-state index in [1.54, 1.807) is 11.0 Å².